The molecular weight excluding hydrogens is 330 g/mol. The minimum atomic E-state index is -0.168. The summed E-state index contributed by atoms with van der Waals surface area (Å²) >= 11 is 3.35. The molecule has 1 aromatic heterocycles. The Morgan fingerprint density at radius 1 is 1.05 bits per heavy atom. The second kappa shape index (κ2) is 5.43. The van der Waals surface area contributed by atoms with Crippen LogP contribution in [0.3, 0.4) is 0 Å². The monoisotopic (exact) mass is 339 g/mol. The van der Waals surface area contributed by atoms with Crippen LogP contribution in [0.2, 0.25) is 0 Å². The Labute approximate surface area is 129 Å². The molecule has 0 amide bonds. The molecule has 0 saturated heterocycles. The van der Waals surface area contributed by atoms with Crippen LogP contribution in [-0.4, -0.2) is 9.78 Å². The van der Waals surface area contributed by atoms with Crippen LogP contribution < -0.4 is 5.56 Å². The Bertz CT molecular complexity index is 871. The van der Waals surface area contributed by atoms with Gasteiger partial charge in [0.2, 0.25) is 0 Å². The number of nitrogens with zero attached hydrogens (tertiary/aromatic N) is 2. The smallest absolute Gasteiger partial charge is 0.286 e. The Morgan fingerprint density at radius 3 is 2.33 bits per heavy atom. The zero-order chi connectivity index (χ0) is 14.8. The third-order valence-electron chi connectivity index (χ3n) is 3.15. The predicted octanol–water partition coefficient (Wildman–Crippen LogP) is 3.47. The number of halogens is 1. The lowest BCUT2D eigenvalue weighted by atomic mass is 10.2. The molecule has 4 nitrogen and oxygen atoms in total. The standard InChI is InChI=1S/C16H10BrN3O/c17-14-15(12-4-2-1-3-5-12)19-20(16(14)21)13-8-6-11(10-18)7-9-13/h1-9,19H. The summed E-state index contributed by atoms with van der Waals surface area (Å²) in [5, 5.41) is 11.9. The molecule has 1 heterocycles. The Balaban J connectivity index is 2.13. The van der Waals surface area contributed by atoms with Crippen LogP contribution in [0.4, 0.5) is 0 Å². The molecule has 0 bridgehead atoms. The molecule has 0 aliphatic rings. The zero-order valence-corrected chi connectivity index (χ0v) is 12.5. The van der Waals surface area contributed by atoms with Gasteiger partial charge in [-0.2, -0.15) is 5.26 Å². The number of H-pyrrole nitrogens is 1. The normalized spacial score (nSPS) is 10.3. The van der Waals surface area contributed by atoms with Crippen molar-refractivity contribution >= 4 is 15.9 Å². The van der Waals surface area contributed by atoms with E-state index in [0.717, 1.165) is 11.3 Å². The average Bonchev–Trinajstić information content (AvgIpc) is 2.84. The van der Waals surface area contributed by atoms with Crippen LogP contribution in [0.25, 0.3) is 16.9 Å². The largest absolute Gasteiger partial charge is 0.289 e. The van der Waals surface area contributed by atoms with Crippen molar-refractivity contribution in [3.05, 3.63) is 75.0 Å². The van der Waals surface area contributed by atoms with Crippen LogP contribution >= 0.6 is 15.9 Å². The highest BCUT2D eigenvalue weighted by Crippen LogP contribution is 2.24. The van der Waals surface area contributed by atoms with E-state index in [-0.39, 0.29) is 5.56 Å². The molecule has 1 N–H and O–H groups in total. The molecule has 0 unspecified atom stereocenters. The lowest BCUT2D eigenvalue weighted by Crippen LogP contribution is -2.14. The van der Waals surface area contributed by atoms with Gasteiger partial charge in [-0.3, -0.25) is 9.89 Å². The van der Waals surface area contributed by atoms with Crippen LogP contribution in [0.15, 0.2) is 63.9 Å². The van der Waals surface area contributed by atoms with E-state index >= 15 is 0 Å². The summed E-state index contributed by atoms with van der Waals surface area (Å²) in [6, 6.07) is 18.5. The maximum Gasteiger partial charge on any atom is 0.286 e. The molecule has 0 atom stereocenters. The van der Waals surface area contributed by atoms with Gasteiger partial charge in [0.05, 0.1) is 23.0 Å². The van der Waals surface area contributed by atoms with E-state index < -0.39 is 0 Å². The highest BCUT2D eigenvalue weighted by Gasteiger charge is 2.14. The number of nitrogens with one attached hydrogen (secondary N) is 1. The van der Waals surface area contributed by atoms with E-state index in [0.29, 0.717) is 15.7 Å². The molecule has 0 radical (unpaired) electrons. The van der Waals surface area contributed by atoms with Gasteiger partial charge in [-0.1, -0.05) is 30.3 Å². The summed E-state index contributed by atoms with van der Waals surface area (Å²) in [7, 11) is 0. The van der Waals surface area contributed by atoms with Crippen molar-refractivity contribution in [1.82, 2.24) is 9.78 Å². The van der Waals surface area contributed by atoms with Crippen LogP contribution in [-0.2, 0) is 0 Å². The van der Waals surface area contributed by atoms with Crippen molar-refractivity contribution in [3.63, 3.8) is 0 Å². The van der Waals surface area contributed by atoms with Crippen molar-refractivity contribution in [3.8, 4) is 23.0 Å². The molecule has 21 heavy (non-hydrogen) atoms. The quantitative estimate of drug-likeness (QED) is 0.777. The summed E-state index contributed by atoms with van der Waals surface area (Å²) in [5.41, 5.74) is 2.72. The molecule has 3 rings (SSSR count). The molecule has 0 saturated carbocycles. The Morgan fingerprint density at radius 2 is 1.71 bits per heavy atom. The fourth-order valence-electron chi connectivity index (χ4n) is 2.08. The highest BCUT2D eigenvalue weighted by molar-refractivity contribution is 9.10. The van der Waals surface area contributed by atoms with Gasteiger partial charge < -0.3 is 0 Å². The van der Waals surface area contributed by atoms with Gasteiger partial charge in [0.25, 0.3) is 5.56 Å². The minimum Gasteiger partial charge on any atom is -0.289 e. The summed E-state index contributed by atoms with van der Waals surface area (Å²) in [4.78, 5) is 12.3. The zero-order valence-electron chi connectivity index (χ0n) is 10.9. The van der Waals surface area contributed by atoms with Gasteiger partial charge >= 0.3 is 0 Å². The number of hydrogen-bond acceptors (Lipinski definition) is 2. The summed E-state index contributed by atoms with van der Waals surface area (Å²) in [6.45, 7) is 0. The van der Waals surface area contributed by atoms with E-state index in [1.165, 1.54) is 4.68 Å². The van der Waals surface area contributed by atoms with Gasteiger partial charge in [-0.05, 0) is 40.2 Å². The molecule has 0 aliphatic heterocycles. The maximum atomic E-state index is 12.3. The first-order valence-corrected chi connectivity index (χ1v) is 7.06. The van der Waals surface area contributed by atoms with Crippen molar-refractivity contribution in [2.75, 3.05) is 0 Å². The van der Waals surface area contributed by atoms with Gasteiger partial charge in [-0.25, -0.2) is 4.68 Å². The lowest BCUT2D eigenvalue weighted by Gasteiger charge is -2.02. The third-order valence-corrected chi connectivity index (χ3v) is 3.89. The van der Waals surface area contributed by atoms with E-state index in [4.69, 9.17) is 5.26 Å². The molecule has 2 aromatic carbocycles. The molecule has 0 spiro atoms. The van der Waals surface area contributed by atoms with Crippen molar-refractivity contribution in [1.29, 1.82) is 5.26 Å². The third kappa shape index (κ3) is 2.41. The van der Waals surface area contributed by atoms with E-state index in [2.05, 4.69) is 27.1 Å². The minimum absolute atomic E-state index is 0.168. The van der Waals surface area contributed by atoms with Gasteiger partial charge in [-0.15, -0.1) is 0 Å². The number of aromatic amines is 1. The number of hydrogen-bond donors (Lipinski definition) is 1. The first kappa shape index (κ1) is 13.4. The molecular formula is C16H10BrN3O. The summed E-state index contributed by atoms with van der Waals surface area (Å²) in [6.07, 6.45) is 0. The molecule has 0 fully saturated rings. The number of nitriles is 1. The van der Waals surface area contributed by atoms with Gasteiger partial charge in [0.15, 0.2) is 0 Å². The van der Waals surface area contributed by atoms with Crippen LogP contribution in [0, 0.1) is 11.3 Å². The van der Waals surface area contributed by atoms with E-state index in [1.807, 2.05) is 30.3 Å². The molecule has 3 aromatic rings. The number of aromatic nitrogens is 2. The van der Waals surface area contributed by atoms with Crippen molar-refractivity contribution < 1.29 is 0 Å². The number of benzene rings is 2. The van der Waals surface area contributed by atoms with Crippen LogP contribution in [0.1, 0.15) is 5.56 Å². The van der Waals surface area contributed by atoms with Crippen molar-refractivity contribution in [2.45, 2.75) is 0 Å². The maximum absolute atomic E-state index is 12.3. The molecule has 5 heteroatoms. The number of rotatable bonds is 2. The topological polar surface area (TPSA) is 61.6 Å². The lowest BCUT2D eigenvalue weighted by molar-refractivity contribution is 0.851. The first-order chi connectivity index (χ1) is 10.2. The second-order valence-electron chi connectivity index (χ2n) is 4.47. The fourth-order valence-corrected chi connectivity index (χ4v) is 2.57. The molecule has 102 valence electrons. The van der Waals surface area contributed by atoms with Gasteiger partial charge in [0.1, 0.15) is 4.47 Å². The van der Waals surface area contributed by atoms with E-state index in [1.54, 1.807) is 24.3 Å². The molecule has 0 aliphatic carbocycles. The summed E-state index contributed by atoms with van der Waals surface area (Å²) < 4.78 is 1.94. The average molecular weight is 340 g/mol. The fraction of sp³-hybridized carbons (Fsp3) is 0. The van der Waals surface area contributed by atoms with Gasteiger partial charge in [0, 0.05) is 5.56 Å². The summed E-state index contributed by atoms with van der Waals surface area (Å²) in [5.74, 6) is 0. The predicted molar refractivity (Wildman–Crippen MR) is 84.2 cm³/mol. The Hall–Kier alpha value is -2.58. The van der Waals surface area contributed by atoms with Crippen LogP contribution in [0.5, 0.6) is 0 Å². The Kier molecular flexibility index (Phi) is 3.46. The highest BCUT2D eigenvalue weighted by atomic mass is 79.9. The van der Waals surface area contributed by atoms with Crippen molar-refractivity contribution in [2.24, 2.45) is 0 Å². The van der Waals surface area contributed by atoms with E-state index in [9.17, 15) is 4.79 Å². The second-order valence-corrected chi connectivity index (χ2v) is 5.26. The first-order valence-electron chi connectivity index (χ1n) is 6.27. The SMILES string of the molecule is N#Cc1ccc(-n2[nH]c(-c3ccccc3)c(Br)c2=O)cc1.